The van der Waals surface area contributed by atoms with E-state index in [0.717, 1.165) is 22.5 Å². The van der Waals surface area contributed by atoms with Crippen LogP contribution in [0.1, 0.15) is 36.9 Å². The molecule has 4 aromatic rings. The molecule has 40 heavy (non-hydrogen) atoms. The molecule has 0 aliphatic carbocycles. The van der Waals surface area contributed by atoms with Crippen LogP contribution in [0.25, 0.3) is 10.2 Å². The van der Waals surface area contributed by atoms with Gasteiger partial charge < -0.3 is 29.8 Å². The number of benzene rings is 2. The maximum absolute atomic E-state index is 12.7. The number of anilines is 1. The first kappa shape index (κ1) is 28.6. The molecule has 3 N–H and O–H groups in total. The number of hydrogen-bond acceptors (Lipinski definition) is 9. The topological polar surface area (TPSA) is 149 Å². The van der Waals surface area contributed by atoms with Gasteiger partial charge in [0.1, 0.15) is 45.5 Å². The molecule has 13 heteroatoms. The van der Waals surface area contributed by atoms with Crippen molar-refractivity contribution in [3.63, 3.8) is 0 Å². The van der Waals surface area contributed by atoms with E-state index in [1.165, 1.54) is 6.92 Å². The zero-order valence-electron chi connectivity index (χ0n) is 21.4. The zero-order chi connectivity index (χ0) is 28.6. The number of nitrogens with zero attached hydrogens (tertiary/aromatic N) is 1. The van der Waals surface area contributed by atoms with E-state index < -0.39 is 35.8 Å². The predicted octanol–water partition coefficient (Wildman–Crippen LogP) is 5.14. The van der Waals surface area contributed by atoms with Gasteiger partial charge in [-0.2, -0.15) is 0 Å². The summed E-state index contributed by atoms with van der Waals surface area (Å²) in [6, 6.07) is 16.4. The maximum atomic E-state index is 12.7. The molecule has 0 bridgehead atoms. The molecule has 0 spiro atoms. The number of fused-ring (bicyclic) bond motifs is 1. The molecule has 4 rings (SSSR count). The first-order chi connectivity index (χ1) is 19.2. The minimum atomic E-state index is -0.976. The van der Waals surface area contributed by atoms with Crippen LogP contribution in [0.15, 0.2) is 69.9 Å². The molecule has 0 aliphatic heterocycles. The van der Waals surface area contributed by atoms with Crippen LogP contribution in [-0.2, 0) is 27.5 Å². The number of carbonyl (C=O) groups excluding carboxylic acids is 3. The molecule has 208 valence electrons. The molecular formula is C27H25ClN4O7S. The summed E-state index contributed by atoms with van der Waals surface area (Å²) < 4.78 is 15.7. The van der Waals surface area contributed by atoms with Gasteiger partial charge in [0.05, 0.1) is 0 Å². The summed E-state index contributed by atoms with van der Waals surface area (Å²) in [7, 11) is 0. The zero-order valence-corrected chi connectivity index (χ0v) is 23.0. The highest BCUT2D eigenvalue weighted by atomic mass is 35.5. The monoisotopic (exact) mass is 584 g/mol. The van der Waals surface area contributed by atoms with Crippen molar-refractivity contribution in [3.8, 4) is 0 Å². The second-order valence-electron chi connectivity index (χ2n) is 8.61. The van der Waals surface area contributed by atoms with Crippen LogP contribution in [0, 0.1) is 0 Å². The Morgan fingerprint density at radius 2 is 1.48 bits per heavy atom. The van der Waals surface area contributed by atoms with Crippen molar-refractivity contribution in [2.24, 2.45) is 0 Å². The average Bonchev–Trinajstić information content (AvgIpc) is 3.27. The van der Waals surface area contributed by atoms with Crippen molar-refractivity contribution in [2.45, 2.75) is 39.1 Å². The SMILES string of the molecule is C[C@H](NC(=O)OCc1ccccc1)c1nc2c(Cl)c(NC(=O)[C@@H](C)NC(=O)OCc3ccccc3)sc2c(=O)o1. The van der Waals surface area contributed by atoms with Gasteiger partial charge in [0.25, 0.3) is 0 Å². The van der Waals surface area contributed by atoms with Gasteiger partial charge in [-0.25, -0.2) is 19.4 Å². The van der Waals surface area contributed by atoms with Crippen LogP contribution in [0.4, 0.5) is 14.6 Å². The van der Waals surface area contributed by atoms with Crippen molar-refractivity contribution in [1.29, 1.82) is 0 Å². The second-order valence-corrected chi connectivity index (χ2v) is 10.0. The number of aromatic nitrogens is 1. The number of carbonyl (C=O) groups is 3. The standard InChI is InChI=1S/C27H25ClN4O7S/c1-15(29-26(35)37-13-17-9-5-3-6-10-17)22(33)32-24-19(28)20-21(40-24)25(34)39-23(31-20)16(2)30-27(36)38-14-18-11-7-4-8-12-18/h3-12,15-16H,13-14H2,1-2H3,(H,29,35)(H,30,36)(H,32,33)/t15-,16+/m1/s1. The number of alkyl carbamates (subject to hydrolysis) is 2. The Bertz CT molecular complexity index is 1560. The molecular weight excluding hydrogens is 560 g/mol. The van der Waals surface area contributed by atoms with Crippen LogP contribution in [0.5, 0.6) is 0 Å². The number of amides is 3. The van der Waals surface area contributed by atoms with E-state index >= 15 is 0 Å². The van der Waals surface area contributed by atoms with E-state index in [0.29, 0.717) is 0 Å². The summed E-state index contributed by atoms with van der Waals surface area (Å²) >= 11 is 7.30. The van der Waals surface area contributed by atoms with Crippen molar-refractivity contribution < 1.29 is 28.3 Å². The van der Waals surface area contributed by atoms with Gasteiger partial charge in [0.2, 0.25) is 11.8 Å². The molecule has 2 aromatic heterocycles. The quantitative estimate of drug-likeness (QED) is 0.245. The summed E-state index contributed by atoms with van der Waals surface area (Å²) in [5, 5.41) is 7.74. The summed E-state index contributed by atoms with van der Waals surface area (Å²) in [5.41, 5.74) is 0.965. The number of nitrogens with one attached hydrogen (secondary N) is 3. The lowest BCUT2D eigenvalue weighted by molar-refractivity contribution is -0.117. The molecule has 0 saturated heterocycles. The Hall–Kier alpha value is -4.42. The smallest absolute Gasteiger partial charge is 0.408 e. The Morgan fingerprint density at radius 3 is 2.05 bits per heavy atom. The maximum Gasteiger partial charge on any atom is 0.408 e. The first-order valence-corrected chi connectivity index (χ1v) is 13.3. The molecule has 3 amide bonds. The van der Waals surface area contributed by atoms with Gasteiger partial charge in [-0.05, 0) is 25.0 Å². The van der Waals surface area contributed by atoms with Crippen molar-refractivity contribution >= 4 is 56.2 Å². The van der Waals surface area contributed by atoms with Crippen LogP contribution < -0.4 is 21.6 Å². The number of halogens is 1. The van der Waals surface area contributed by atoms with Gasteiger partial charge >= 0.3 is 17.8 Å². The highest BCUT2D eigenvalue weighted by molar-refractivity contribution is 7.23. The summed E-state index contributed by atoms with van der Waals surface area (Å²) in [6.45, 7) is 3.14. The van der Waals surface area contributed by atoms with E-state index in [9.17, 15) is 19.2 Å². The molecule has 2 aromatic carbocycles. The van der Waals surface area contributed by atoms with Gasteiger partial charge in [-0.15, -0.1) is 11.3 Å². The average molecular weight is 585 g/mol. The van der Waals surface area contributed by atoms with Crippen LogP contribution in [-0.4, -0.2) is 29.1 Å². The number of thiophene rings is 1. The van der Waals surface area contributed by atoms with Crippen molar-refractivity contribution in [1.82, 2.24) is 15.6 Å². The number of hydrogen-bond donors (Lipinski definition) is 3. The molecule has 0 unspecified atom stereocenters. The van der Waals surface area contributed by atoms with Gasteiger partial charge in [-0.1, -0.05) is 72.3 Å². The van der Waals surface area contributed by atoms with Crippen molar-refractivity contribution in [3.05, 3.63) is 93.1 Å². The van der Waals surface area contributed by atoms with E-state index in [1.807, 2.05) is 48.5 Å². The molecule has 0 fully saturated rings. The minimum absolute atomic E-state index is 0.0141. The largest absolute Gasteiger partial charge is 0.445 e. The van der Waals surface area contributed by atoms with Crippen LogP contribution in [0.2, 0.25) is 5.02 Å². The van der Waals surface area contributed by atoms with Gasteiger partial charge in [-0.3, -0.25) is 4.79 Å². The fourth-order valence-corrected chi connectivity index (χ4v) is 4.68. The lowest BCUT2D eigenvalue weighted by Gasteiger charge is -2.13. The molecule has 0 saturated carbocycles. The molecule has 0 radical (unpaired) electrons. The summed E-state index contributed by atoms with van der Waals surface area (Å²) in [6.07, 6.45) is -1.50. The normalized spacial score (nSPS) is 12.3. The van der Waals surface area contributed by atoms with Crippen LogP contribution >= 0.6 is 22.9 Å². The van der Waals surface area contributed by atoms with Gasteiger partial charge in [0.15, 0.2) is 0 Å². The Morgan fingerprint density at radius 1 is 0.925 bits per heavy atom. The number of rotatable bonds is 9. The molecule has 2 heterocycles. The highest BCUT2D eigenvalue weighted by Crippen LogP contribution is 2.37. The fourth-order valence-electron chi connectivity index (χ4n) is 3.41. The van der Waals surface area contributed by atoms with Crippen LogP contribution in [0.3, 0.4) is 0 Å². The predicted molar refractivity (Wildman–Crippen MR) is 149 cm³/mol. The van der Waals surface area contributed by atoms with E-state index in [-0.39, 0.29) is 39.3 Å². The second kappa shape index (κ2) is 13.1. The lowest BCUT2D eigenvalue weighted by atomic mass is 10.2. The molecule has 2 atom stereocenters. The van der Waals surface area contributed by atoms with Crippen molar-refractivity contribution in [2.75, 3.05) is 5.32 Å². The third-order valence-corrected chi connectivity index (χ3v) is 7.08. The summed E-state index contributed by atoms with van der Waals surface area (Å²) in [5.74, 6) is -0.686. The Balaban J connectivity index is 1.37. The Kier molecular flexibility index (Phi) is 9.35. The molecule has 11 nitrogen and oxygen atoms in total. The lowest BCUT2D eigenvalue weighted by Crippen LogP contribution is -2.41. The van der Waals surface area contributed by atoms with E-state index in [4.69, 9.17) is 25.5 Å². The highest BCUT2D eigenvalue weighted by Gasteiger charge is 2.24. The Labute approximate surface area is 237 Å². The third-order valence-electron chi connectivity index (χ3n) is 5.53. The molecule has 0 aliphatic rings. The van der Waals surface area contributed by atoms with E-state index in [2.05, 4.69) is 20.9 Å². The van der Waals surface area contributed by atoms with E-state index in [1.54, 1.807) is 19.1 Å². The first-order valence-electron chi connectivity index (χ1n) is 12.1. The summed E-state index contributed by atoms with van der Waals surface area (Å²) in [4.78, 5) is 53.9. The third kappa shape index (κ3) is 7.36. The number of ether oxygens (including phenoxy) is 2. The van der Waals surface area contributed by atoms with Gasteiger partial charge in [0, 0.05) is 0 Å². The minimum Gasteiger partial charge on any atom is -0.445 e. The fraction of sp³-hybridized carbons (Fsp3) is 0.222.